The molecule has 0 saturated carbocycles. The summed E-state index contributed by atoms with van der Waals surface area (Å²) in [6.07, 6.45) is 7.20. The Morgan fingerprint density at radius 2 is 1.94 bits per heavy atom. The average molecular weight is 226 g/mol. The van der Waals surface area contributed by atoms with Crippen molar-refractivity contribution in [3.63, 3.8) is 0 Å². The second kappa shape index (κ2) is 5.48. The van der Waals surface area contributed by atoms with Crippen molar-refractivity contribution in [2.75, 3.05) is 20.7 Å². The molecule has 2 bridgehead atoms. The maximum absolute atomic E-state index is 5.41. The average Bonchev–Trinajstić information content (AvgIpc) is 2.28. The van der Waals surface area contributed by atoms with Gasteiger partial charge in [0.2, 0.25) is 0 Å². The molecule has 0 aromatic heterocycles. The summed E-state index contributed by atoms with van der Waals surface area (Å²) in [5, 5.41) is 3.46. The van der Waals surface area contributed by atoms with Gasteiger partial charge in [0.25, 0.3) is 0 Å². The molecule has 0 spiro atoms. The summed E-state index contributed by atoms with van der Waals surface area (Å²) in [6.45, 7) is 3.29. The minimum Gasteiger partial charge on any atom is -0.380 e. The van der Waals surface area contributed by atoms with Gasteiger partial charge in [-0.2, -0.15) is 0 Å². The van der Waals surface area contributed by atoms with Crippen LogP contribution in [0.25, 0.3) is 0 Å². The first kappa shape index (κ1) is 12.3. The van der Waals surface area contributed by atoms with Gasteiger partial charge in [-0.1, -0.05) is 6.42 Å². The van der Waals surface area contributed by atoms with Gasteiger partial charge < -0.3 is 10.1 Å². The van der Waals surface area contributed by atoms with E-state index in [0.29, 0.717) is 6.10 Å². The predicted molar refractivity (Wildman–Crippen MR) is 66.7 cm³/mol. The summed E-state index contributed by atoms with van der Waals surface area (Å²) in [5.41, 5.74) is 0. The van der Waals surface area contributed by atoms with Crippen LogP contribution in [0, 0.1) is 0 Å². The Morgan fingerprint density at radius 3 is 2.44 bits per heavy atom. The Kier molecular flexibility index (Phi) is 4.22. The molecular formula is C13H26N2O. The minimum atomic E-state index is 0.370. The molecule has 2 saturated heterocycles. The number of fused-ring (bicyclic) bond motifs is 2. The summed E-state index contributed by atoms with van der Waals surface area (Å²) in [4.78, 5) is 2.71. The van der Waals surface area contributed by atoms with Crippen molar-refractivity contribution in [3.05, 3.63) is 0 Å². The molecule has 0 radical (unpaired) electrons. The third-order valence-electron chi connectivity index (χ3n) is 4.40. The van der Waals surface area contributed by atoms with Gasteiger partial charge >= 0.3 is 0 Å². The van der Waals surface area contributed by atoms with Crippen LogP contribution in [-0.2, 0) is 4.74 Å². The smallest absolute Gasteiger partial charge is 0.0670 e. The lowest BCUT2D eigenvalue weighted by molar-refractivity contribution is -0.0158. The van der Waals surface area contributed by atoms with Crippen LogP contribution in [0.3, 0.4) is 0 Å². The van der Waals surface area contributed by atoms with Crippen LogP contribution >= 0.6 is 0 Å². The zero-order chi connectivity index (χ0) is 11.5. The Labute approximate surface area is 99.5 Å². The van der Waals surface area contributed by atoms with Crippen molar-refractivity contribution in [1.29, 1.82) is 0 Å². The fraction of sp³-hybridized carbons (Fsp3) is 1.00. The lowest BCUT2D eigenvalue weighted by Gasteiger charge is -2.49. The van der Waals surface area contributed by atoms with Gasteiger partial charge in [0.15, 0.2) is 0 Å². The van der Waals surface area contributed by atoms with Gasteiger partial charge in [-0.25, -0.2) is 0 Å². The molecule has 1 N–H and O–H groups in total. The summed E-state index contributed by atoms with van der Waals surface area (Å²) in [6, 6.07) is 2.33. The van der Waals surface area contributed by atoms with Crippen molar-refractivity contribution in [1.82, 2.24) is 10.2 Å². The molecule has 3 nitrogen and oxygen atoms in total. The van der Waals surface area contributed by atoms with E-state index in [0.717, 1.165) is 24.7 Å². The van der Waals surface area contributed by atoms with Crippen molar-refractivity contribution < 1.29 is 4.74 Å². The second-order valence-corrected chi connectivity index (χ2v) is 5.44. The largest absolute Gasteiger partial charge is 0.380 e. The lowest BCUT2D eigenvalue weighted by atomic mass is 9.81. The van der Waals surface area contributed by atoms with E-state index in [1.165, 1.54) is 32.1 Å². The van der Waals surface area contributed by atoms with Gasteiger partial charge in [0.1, 0.15) is 0 Å². The van der Waals surface area contributed by atoms with E-state index in [-0.39, 0.29) is 0 Å². The Bertz CT molecular complexity index is 208. The highest BCUT2D eigenvalue weighted by Crippen LogP contribution is 2.34. The summed E-state index contributed by atoms with van der Waals surface area (Å²) in [5.74, 6) is 0. The van der Waals surface area contributed by atoms with Crippen LogP contribution < -0.4 is 5.32 Å². The summed E-state index contributed by atoms with van der Waals surface area (Å²) in [7, 11) is 3.93. The molecule has 0 aromatic carbocycles. The van der Waals surface area contributed by atoms with E-state index in [1.54, 1.807) is 0 Å². The van der Waals surface area contributed by atoms with E-state index in [9.17, 15) is 0 Å². The Hall–Kier alpha value is -0.120. The molecule has 2 rings (SSSR count). The maximum Gasteiger partial charge on any atom is 0.0670 e. The molecule has 94 valence electrons. The number of piperidine rings is 2. The first-order valence-corrected chi connectivity index (χ1v) is 6.70. The number of hydrogen-bond donors (Lipinski definition) is 1. The monoisotopic (exact) mass is 226 g/mol. The van der Waals surface area contributed by atoms with E-state index in [2.05, 4.69) is 24.2 Å². The van der Waals surface area contributed by atoms with Crippen molar-refractivity contribution in [2.24, 2.45) is 0 Å². The number of methoxy groups -OCH3 is 1. The molecule has 2 heterocycles. The van der Waals surface area contributed by atoms with Crippen LogP contribution in [0.2, 0.25) is 0 Å². The second-order valence-electron chi connectivity index (χ2n) is 5.44. The highest BCUT2D eigenvalue weighted by molar-refractivity contribution is 4.95. The van der Waals surface area contributed by atoms with Crippen LogP contribution in [-0.4, -0.2) is 49.8 Å². The normalized spacial score (nSPS) is 37.3. The van der Waals surface area contributed by atoms with Crippen molar-refractivity contribution in [3.8, 4) is 0 Å². The fourth-order valence-electron chi connectivity index (χ4n) is 3.38. The molecule has 2 fully saturated rings. The quantitative estimate of drug-likeness (QED) is 0.788. The zero-order valence-corrected chi connectivity index (χ0v) is 10.9. The Morgan fingerprint density at radius 1 is 1.31 bits per heavy atom. The third kappa shape index (κ3) is 2.58. The van der Waals surface area contributed by atoms with E-state index >= 15 is 0 Å². The molecular weight excluding hydrogens is 200 g/mol. The summed E-state index contributed by atoms with van der Waals surface area (Å²) >= 11 is 0. The molecule has 2 aliphatic heterocycles. The SMILES string of the molecule is CNC1CC2CCCC(C1)N2CC(C)OC. The molecule has 3 heteroatoms. The van der Waals surface area contributed by atoms with E-state index in [1.807, 2.05) is 7.11 Å². The van der Waals surface area contributed by atoms with Gasteiger partial charge in [0, 0.05) is 31.8 Å². The first-order valence-electron chi connectivity index (χ1n) is 6.70. The fourth-order valence-corrected chi connectivity index (χ4v) is 3.38. The minimum absolute atomic E-state index is 0.370. The van der Waals surface area contributed by atoms with E-state index < -0.39 is 0 Å². The van der Waals surface area contributed by atoms with Crippen LogP contribution in [0.4, 0.5) is 0 Å². The predicted octanol–water partition coefficient (Wildman–Crippen LogP) is 1.63. The van der Waals surface area contributed by atoms with Crippen LogP contribution in [0.5, 0.6) is 0 Å². The van der Waals surface area contributed by atoms with Gasteiger partial charge in [-0.15, -0.1) is 0 Å². The van der Waals surface area contributed by atoms with Crippen molar-refractivity contribution >= 4 is 0 Å². The number of nitrogens with zero attached hydrogens (tertiary/aromatic N) is 1. The summed E-state index contributed by atoms with van der Waals surface area (Å²) < 4.78 is 5.41. The molecule has 3 atom stereocenters. The topological polar surface area (TPSA) is 24.5 Å². The number of rotatable bonds is 4. The van der Waals surface area contributed by atoms with Gasteiger partial charge in [0.05, 0.1) is 6.10 Å². The number of nitrogens with one attached hydrogen (secondary N) is 1. The zero-order valence-electron chi connectivity index (χ0n) is 10.9. The molecule has 0 aromatic rings. The highest BCUT2D eigenvalue weighted by Gasteiger charge is 2.37. The highest BCUT2D eigenvalue weighted by atomic mass is 16.5. The standard InChI is InChI=1S/C13H26N2O/c1-10(16-3)9-15-12-5-4-6-13(15)8-11(7-12)14-2/h10-14H,4-9H2,1-3H3. The Balaban J connectivity index is 1.97. The van der Waals surface area contributed by atoms with Crippen LogP contribution in [0.15, 0.2) is 0 Å². The molecule has 3 unspecified atom stereocenters. The number of hydrogen-bond acceptors (Lipinski definition) is 3. The molecule has 0 amide bonds. The van der Waals surface area contributed by atoms with Gasteiger partial charge in [-0.05, 0) is 39.7 Å². The van der Waals surface area contributed by atoms with Crippen molar-refractivity contribution in [2.45, 2.75) is 63.3 Å². The molecule has 2 aliphatic rings. The van der Waals surface area contributed by atoms with E-state index in [4.69, 9.17) is 4.74 Å². The first-order chi connectivity index (χ1) is 7.74. The number of ether oxygens (including phenoxy) is 1. The van der Waals surface area contributed by atoms with Gasteiger partial charge in [-0.3, -0.25) is 4.90 Å². The lowest BCUT2D eigenvalue weighted by Crippen LogP contribution is -2.57. The molecule has 0 aliphatic carbocycles. The van der Waals surface area contributed by atoms with Crippen LogP contribution in [0.1, 0.15) is 39.0 Å². The maximum atomic E-state index is 5.41. The molecule has 16 heavy (non-hydrogen) atoms. The third-order valence-corrected chi connectivity index (χ3v) is 4.40.